The lowest BCUT2D eigenvalue weighted by Crippen LogP contribution is -2.42. The largest absolute Gasteiger partial charge is 0.440 e. The predicted molar refractivity (Wildman–Crippen MR) is 86.5 cm³/mol. The van der Waals surface area contributed by atoms with E-state index in [4.69, 9.17) is 0 Å². The Hall–Kier alpha value is -2.46. The fourth-order valence-electron chi connectivity index (χ4n) is 2.81. The third kappa shape index (κ3) is 6.03. The number of likely N-dealkylation sites (tertiary alicyclic amines) is 1. The first kappa shape index (κ1) is 21.8. The molecule has 0 atom stereocenters. The van der Waals surface area contributed by atoms with Crippen LogP contribution in [0.3, 0.4) is 0 Å². The van der Waals surface area contributed by atoms with Crippen molar-refractivity contribution in [3.8, 4) is 0 Å². The fraction of sp³-hybridized carbons (Fsp3) is 0.529. The smallest absolute Gasteiger partial charge is 0.422 e. The van der Waals surface area contributed by atoms with E-state index in [1.165, 1.54) is 19.1 Å². The second kappa shape index (κ2) is 8.27. The standard InChI is InChI=1S/C17H18F6N2O3/c1-10-2-3-12(8-13(10)17(21,22)23)24-14(26)11-4-6-25(7-5-11)15(27)28-9-16(18,19)20/h2-3,8,11H,4-7,9H2,1H3,(H,24,26). The van der Waals surface area contributed by atoms with Gasteiger partial charge in [-0.2, -0.15) is 26.3 Å². The molecule has 1 fully saturated rings. The highest BCUT2D eigenvalue weighted by Crippen LogP contribution is 2.33. The number of amides is 2. The molecule has 1 aliphatic heterocycles. The quantitative estimate of drug-likeness (QED) is 0.751. The first-order valence-corrected chi connectivity index (χ1v) is 8.34. The number of nitrogens with one attached hydrogen (secondary N) is 1. The SMILES string of the molecule is Cc1ccc(NC(=O)C2CCN(C(=O)OCC(F)(F)F)CC2)cc1C(F)(F)F. The summed E-state index contributed by atoms with van der Waals surface area (Å²) >= 11 is 0. The summed E-state index contributed by atoms with van der Waals surface area (Å²) in [7, 11) is 0. The molecule has 1 N–H and O–H groups in total. The van der Waals surface area contributed by atoms with Crippen molar-refractivity contribution < 1.29 is 40.7 Å². The van der Waals surface area contributed by atoms with Crippen LogP contribution in [0.1, 0.15) is 24.0 Å². The van der Waals surface area contributed by atoms with Crippen LogP contribution in [0.15, 0.2) is 18.2 Å². The lowest BCUT2D eigenvalue weighted by atomic mass is 9.96. The van der Waals surface area contributed by atoms with Gasteiger partial charge in [-0.3, -0.25) is 4.79 Å². The molecule has 0 aromatic heterocycles. The van der Waals surface area contributed by atoms with Crippen LogP contribution in [-0.2, 0) is 15.7 Å². The molecule has 1 saturated heterocycles. The molecule has 1 aromatic rings. The van der Waals surface area contributed by atoms with Crippen molar-refractivity contribution in [2.45, 2.75) is 32.1 Å². The molecular formula is C17H18F6N2O3. The second-order valence-corrected chi connectivity index (χ2v) is 6.45. The predicted octanol–water partition coefficient (Wildman–Crippen LogP) is 4.36. The zero-order valence-electron chi connectivity index (χ0n) is 14.8. The summed E-state index contributed by atoms with van der Waals surface area (Å²) in [6.45, 7) is -0.365. The molecule has 11 heteroatoms. The highest BCUT2D eigenvalue weighted by atomic mass is 19.4. The Morgan fingerprint density at radius 2 is 1.75 bits per heavy atom. The fourth-order valence-corrected chi connectivity index (χ4v) is 2.81. The zero-order valence-corrected chi connectivity index (χ0v) is 14.8. The van der Waals surface area contributed by atoms with E-state index in [2.05, 4.69) is 10.1 Å². The van der Waals surface area contributed by atoms with Crippen LogP contribution in [0.4, 0.5) is 36.8 Å². The first-order chi connectivity index (χ1) is 12.9. The third-order valence-corrected chi connectivity index (χ3v) is 4.29. The number of carbonyl (C=O) groups is 2. The van der Waals surface area contributed by atoms with Gasteiger partial charge in [0.2, 0.25) is 5.91 Å². The summed E-state index contributed by atoms with van der Waals surface area (Å²) in [5.41, 5.74) is -0.835. The van der Waals surface area contributed by atoms with Crippen molar-refractivity contribution in [1.29, 1.82) is 0 Å². The van der Waals surface area contributed by atoms with Gasteiger partial charge in [-0.25, -0.2) is 4.79 Å². The van der Waals surface area contributed by atoms with Crippen LogP contribution in [0.25, 0.3) is 0 Å². The van der Waals surface area contributed by atoms with Gasteiger partial charge in [0, 0.05) is 24.7 Å². The minimum absolute atomic E-state index is 0.00468. The maximum absolute atomic E-state index is 12.9. The van der Waals surface area contributed by atoms with Crippen molar-refractivity contribution in [3.05, 3.63) is 29.3 Å². The third-order valence-electron chi connectivity index (χ3n) is 4.29. The molecule has 0 aliphatic carbocycles. The minimum Gasteiger partial charge on any atom is -0.440 e. The number of hydrogen-bond donors (Lipinski definition) is 1. The average molecular weight is 412 g/mol. The molecule has 2 amide bonds. The van der Waals surface area contributed by atoms with Gasteiger partial charge in [0.05, 0.1) is 5.56 Å². The highest BCUT2D eigenvalue weighted by molar-refractivity contribution is 5.92. The molecule has 1 aromatic carbocycles. The van der Waals surface area contributed by atoms with Crippen LogP contribution < -0.4 is 5.32 Å². The maximum atomic E-state index is 12.9. The molecule has 0 bridgehead atoms. The van der Waals surface area contributed by atoms with E-state index in [1.807, 2.05) is 0 Å². The number of piperidine rings is 1. The van der Waals surface area contributed by atoms with Crippen molar-refractivity contribution in [2.75, 3.05) is 25.0 Å². The number of benzene rings is 1. The topological polar surface area (TPSA) is 58.6 Å². The molecule has 2 rings (SSSR count). The Kier molecular flexibility index (Phi) is 6.45. The monoisotopic (exact) mass is 412 g/mol. The number of aryl methyl sites for hydroxylation is 1. The number of rotatable bonds is 3. The van der Waals surface area contributed by atoms with E-state index in [-0.39, 0.29) is 37.2 Å². The van der Waals surface area contributed by atoms with Crippen molar-refractivity contribution in [2.24, 2.45) is 5.92 Å². The molecule has 0 unspecified atom stereocenters. The zero-order chi connectivity index (χ0) is 21.1. The van der Waals surface area contributed by atoms with E-state index < -0.39 is 42.4 Å². The number of halogens is 6. The number of alkyl halides is 6. The summed E-state index contributed by atoms with van der Waals surface area (Å²) in [6.07, 6.45) is -9.98. The van der Waals surface area contributed by atoms with Crippen LogP contribution in [0.2, 0.25) is 0 Å². The van der Waals surface area contributed by atoms with E-state index in [0.717, 1.165) is 11.0 Å². The Morgan fingerprint density at radius 1 is 1.14 bits per heavy atom. The Balaban J connectivity index is 1.90. The van der Waals surface area contributed by atoms with Crippen molar-refractivity contribution >= 4 is 17.7 Å². The lowest BCUT2D eigenvalue weighted by molar-refractivity contribution is -0.162. The van der Waals surface area contributed by atoms with Crippen LogP contribution in [0.5, 0.6) is 0 Å². The van der Waals surface area contributed by atoms with E-state index in [9.17, 15) is 35.9 Å². The number of hydrogen-bond acceptors (Lipinski definition) is 3. The molecular weight excluding hydrogens is 394 g/mol. The maximum Gasteiger partial charge on any atom is 0.422 e. The lowest BCUT2D eigenvalue weighted by Gasteiger charge is -2.30. The van der Waals surface area contributed by atoms with E-state index in [0.29, 0.717) is 0 Å². The molecule has 156 valence electrons. The van der Waals surface area contributed by atoms with E-state index in [1.54, 1.807) is 0 Å². The van der Waals surface area contributed by atoms with Gasteiger partial charge in [-0.1, -0.05) is 6.07 Å². The van der Waals surface area contributed by atoms with Crippen LogP contribution in [-0.4, -0.2) is 42.8 Å². The van der Waals surface area contributed by atoms with Gasteiger partial charge in [0.25, 0.3) is 0 Å². The van der Waals surface area contributed by atoms with Gasteiger partial charge in [-0.05, 0) is 37.5 Å². The molecule has 28 heavy (non-hydrogen) atoms. The molecule has 0 radical (unpaired) electrons. The Morgan fingerprint density at radius 3 is 2.29 bits per heavy atom. The second-order valence-electron chi connectivity index (χ2n) is 6.45. The van der Waals surface area contributed by atoms with Gasteiger partial charge < -0.3 is 15.0 Å². The van der Waals surface area contributed by atoms with Gasteiger partial charge in [-0.15, -0.1) is 0 Å². The Labute approximate surface area is 156 Å². The average Bonchev–Trinajstić information content (AvgIpc) is 2.60. The van der Waals surface area contributed by atoms with Crippen LogP contribution >= 0.6 is 0 Å². The molecule has 1 heterocycles. The summed E-state index contributed by atoms with van der Waals surface area (Å²) < 4.78 is 79.2. The van der Waals surface area contributed by atoms with Gasteiger partial charge in [0.15, 0.2) is 6.61 Å². The number of anilines is 1. The highest BCUT2D eigenvalue weighted by Gasteiger charge is 2.34. The van der Waals surface area contributed by atoms with Crippen molar-refractivity contribution in [1.82, 2.24) is 4.90 Å². The van der Waals surface area contributed by atoms with E-state index >= 15 is 0 Å². The van der Waals surface area contributed by atoms with Crippen LogP contribution in [0, 0.1) is 12.8 Å². The summed E-state index contributed by atoms with van der Waals surface area (Å²) in [5.74, 6) is -1.09. The molecule has 1 aliphatic rings. The molecule has 0 saturated carbocycles. The number of carbonyl (C=O) groups excluding carboxylic acids is 2. The first-order valence-electron chi connectivity index (χ1n) is 8.34. The number of ether oxygens (including phenoxy) is 1. The number of nitrogens with zero attached hydrogens (tertiary/aromatic N) is 1. The Bertz CT molecular complexity index is 725. The molecule has 0 spiro atoms. The normalized spacial score (nSPS) is 16.0. The van der Waals surface area contributed by atoms with Gasteiger partial charge in [0.1, 0.15) is 0 Å². The minimum atomic E-state index is -4.63. The summed E-state index contributed by atoms with van der Waals surface area (Å²) in [4.78, 5) is 24.9. The van der Waals surface area contributed by atoms with Crippen molar-refractivity contribution in [3.63, 3.8) is 0 Å². The summed E-state index contributed by atoms with van der Waals surface area (Å²) in [6, 6.07) is 3.45. The van der Waals surface area contributed by atoms with Gasteiger partial charge >= 0.3 is 18.4 Å². The summed E-state index contributed by atoms with van der Waals surface area (Å²) in [5, 5.41) is 2.42. The molecule has 5 nitrogen and oxygen atoms in total.